The molecule has 7 heteroatoms. The fraction of sp³-hybridized carbons (Fsp3) is 0.316. The summed E-state index contributed by atoms with van der Waals surface area (Å²) in [6, 6.07) is 12.7. The van der Waals surface area contributed by atoms with Gasteiger partial charge in [0, 0.05) is 17.6 Å². The molecule has 140 valence electrons. The van der Waals surface area contributed by atoms with Gasteiger partial charge in [-0.3, -0.25) is 0 Å². The lowest BCUT2D eigenvalue weighted by Gasteiger charge is -2.21. The summed E-state index contributed by atoms with van der Waals surface area (Å²) in [6.45, 7) is 4.84. The van der Waals surface area contributed by atoms with Crippen LogP contribution in [-0.2, 0) is 10.0 Å². The molecule has 0 saturated carbocycles. The Balaban J connectivity index is 2.16. The van der Waals surface area contributed by atoms with Crippen LogP contribution in [0, 0.1) is 0 Å². The SMILES string of the molecule is CCCN(CCC)S(=O)(=O)c1ccc(C(=O)Oc2ccc(Br)cc2)cc1. The zero-order valence-electron chi connectivity index (χ0n) is 14.8. The monoisotopic (exact) mass is 439 g/mol. The van der Waals surface area contributed by atoms with Gasteiger partial charge in [0.15, 0.2) is 0 Å². The van der Waals surface area contributed by atoms with E-state index in [0.29, 0.717) is 24.4 Å². The molecule has 0 bridgehead atoms. The molecule has 0 spiro atoms. The fourth-order valence-electron chi connectivity index (χ4n) is 2.43. The van der Waals surface area contributed by atoms with Crippen molar-refractivity contribution in [1.29, 1.82) is 0 Å². The zero-order chi connectivity index (χ0) is 19.2. The Morgan fingerprint density at radius 3 is 2.00 bits per heavy atom. The number of carbonyl (C=O) groups excluding carboxylic acids is 1. The van der Waals surface area contributed by atoms with Crippen LogP contribution in [0.1, 0.15) is 37.0 Å². The molecule has 0 saturated heterocycles. The molecule has 2 aromatic rings. The third-order valence-electron chi connectivity index (χ3n) is 3.70. The van der Waals surface area contributed by atoms with Gasteiger partial charge in [0.05, 0.1) is 10.5 Å². The van der Waals surface area contributed by atoms with Gasteiger partial charge in [-0.25, -0.2) is 13.2 Å². The standard InChI is InChI=1S/C19H22BrNO4S/c1-3-13-21(14-4-2)26(23,24)18-11-5-15(6-12-18)19(22)25-17-9-7-16(20)8-10-17/h5-12H,3-4,13-14H2,1-2H3. The van der Waals surface area contributed by atoms with E-state index in [1.807, 2.05) is 13.8 Å². The average molecular weight is 440 g/mol. The Kier molecular flexibility index (Phi) is 7.37. The summed E-state index contributed by atoms with van der Waals surface area (Å²) >= 11 is 3.32. The van der Waals surface area contributed by atoms with Crippen molar-refractivity contribution in [2.45, 2.75) is 31.6 Å². The fourth-order valence-corrected chi connectivity index (χ4v) is 4.32. The van der Waals surface area contributed by atoms with Crippen molar-refractivity contribution in [2.24, 2.45) is 0 Å². The number of rotatable bonds is 8. The predicted molar refractivity (Wildman–Crippen MR) is 105 cm³/mol. The van der Waals surface area contributed by atoms with E-state index in [-0.39, 0.29) is 4.90 Å². The number of hydrogen-bond donors (Lipinski definition) is 0. The van der Waals surface area contributed by atoms with Crippen molar-refractivity contribution in [1.82, 2.24) is 4.31 Å². The van der Waals surface area contributed by atoms with E-state index >= 15 is 0 Å². The number of hydrogen-bond acceptors (Lipinski definition) is 4. The van der Waals surface area contributed by atoms with Crippen molar-refractivity contribution in [2.75, 3.05) is 13.1 Å². The van der Waals surface area contributed by atoms with E-state index in [1.165, 1.54) is 28.6 Å². The highest BCUT2D eigenvalue weighted by atomic mass is 79.9. The summed E-state index contributed by atoms with van der Waals surface area (Å²) in [7, 11) is -3.56. The van der Waals surface area contributed by atoms with E-state index in [1.54, 1.807) is 24.3 Å². The van der Waals surface area contributed by atoms with Gasteiger partial charge in [0.25, 0.3) is 0 Å². The molecule has 0 N–H and O–H groups in total. The summed E-state index contributed by atoms with van der Waals surface area (Å²) in [5.41, 5.74) is 0.296. The van der Waals surface area contributed by atoms with Crippen molar-refractivity contribution in [3.8, 4) is 5.75 Å². The molecule has 5 nitrogen and oxygen atoms in total. The Bertz CT molecular complexity index is 827. The van der Waals surface area contributed by atoms with E-state index in [4.69, 9.17) is 4.74 Å². The zero-order valence-corrected chi connectivity index (χ0v) is 17.2. The van der Waals surface area contributed by atoms with Gasteiger partial charge in [-0.15, -0.1) is 0 Å². The van der Waals surface area contributed by atoms with Crippen LogP contribution in [0.4, 0.5) is 0 Å². The largest absolute Gasteiger partial charge is 0.423 e. The number of benzene rings is 2. The number of halogens is 1. The normalized spacial score (nSPS) is 11.5. The van der Waals surface area contributed by atoms with Crippen molar-refractivity contribution >= 4 is 31.9 Å². The van der Waals surface area contributed by atoms with Crippen molar-refractivity contribution in [3.05, 3.63) is 58.6 Å². The summed E-state index contributed by atoms with van der Waals surface area (Å²) < 4.78 is 33.1. The molecule has 0 atom stereocenters. The first kappa shape index (κ1) is 20.6. The third-order valence-corrected chi connectivity index (χ3v) is 6.14. The number of nitrogens with zero attached hydrogens (tertiary/aromatic N) is 1. The second kappa shape index (κ2) is 9.30. The molecule has 0 aromatic heterocycles. The molecule has 0 aliphatic carbocycles. The highest BCUT2D eigenvalue weighted by Gasteiger charge is 2.23. The minimum absolute atomic E-state index is 0.180. The number of esters is 1. The molecule has 2 rings (SSSR count). The first-order valence-corrected chi connectivity index (χ1v) is 10.7. The van der Waals surface area contributed by atoms with Crippen LogP contribution < -0.4 is 4.74 Å². The highest BCUT2D eigenvalue weighted by Crippen LogP contribution is 2.20. The van der Waals surface area contributed by atoms with Gasteiger partial charge in [-0.05, 0) is 61.4 Å². The molecule has 0 amide bonds. The summed E-state index contributed by atoms with van der Waals surface area (Å²) in [4.78, 5) is 12.4. The lowest BCUT2D eigenvalue weighted by atomic mass is 10.2. The first-order chi connectivity index (χ1) is 12.4. The van der Waals surface area contributed by atoms with Gasteiger partial charge in [-0.1, -0.05) is 29.8 Å². The molecule has 0 aliphatic heterocycles. The van der Waals surface area contributed by atoms with Gasteiger partial charge in [-0.2, -0.15) is 4.31 Å². The molecule has 0 heterocycles. The molecular formula is C19H22BrNO4S. The molecule has 2 aromatic carbocycles. The van der Waals surface area contributed by atoms with Gasteiger partial charge >= 0.3 is 5.97 Å². The smallest absolute Gasteiger partial charge is 0.343 e. The van der Waals surface area contributed by atoms with Crippen LogP contribution in [0.25, 0.3) is 0 Å². The molecule has 0 fully saturated rings. The Morgan fingerprint density at radius 1 is 0.962 bits per heavy atom. The van der Waals surface area contributed by atoms with Crippen LogP contribution in [0.15, 0.2) is 57.9 Å². The van der Waals surface area contributed by atoms with Crippen molar-refractivity contribution in [3.63, 3.8) is 0 Å². The number of carbonyl (C=O) groups is 1. The Hall–Kier alpha value is -1.70. The minimum Gasteiger partial charge on any atom is -0.423 e. The van der Waals surface area contributed by atoms with Crippen LogP contribution in [0.2, 0.25) is 0 Å². The molecule has 26 heavy (non-hydrogen) atoms. The quantitative estimate of drug-likeness (QED) is 0.449. The number of ether oxygens (including phenoxy) is 1. The molecular weight excluding hydrogens is 418 g/mol. The van der Waals surface area contributed by atoms with E-state index in [9.17, 15) is 13.2 Å². The second-order valence-corrected chi connectivity index (χ2v) is 8.63. The van der Waals surface area contributed by atoms with Gasteiger partial charge < -0.3 is 4.74 Å². The second-order valence-electron chi connectivity index (χ2n) is 5.77. The maximum atomic E-state index is 12.7. The number of sulfonamides is 1. The third kappa shape index (κ3) is 5.16. The maximum absolute atomic E-state index is 12.7. The summed E-state index contributed by atoms with van der Waals surface area (Å²) in [5, 5.41) is 0. The minimum atomic E-state index is -3.56. The van der Waals surface area contributed by atoms with Crippen LogP contribution >= 0.6 is 15.9 Å². The summed E-state index contributed by atoms with van der Waals surface area (Å²) in [6.07, 6.45) is 1.49. The molecule has 0 unspecified atom stereocenters. The molecule has 0 aliphatic rings. The Morgan fingerprint density at radius 2 is 1.50 bits per heavy atom. The molecule has 0 radical (unpaired) electrons. The van der Waals surface area contributed by atoms with E-state index in [0.717, 1.165) is 17.3 Å². The lowest BCUT2D eigenvalue weighted by Crippen LogP contribution is -2.32. The Labute approximate surface area is 163 Å². The van der Waals surface area contributed by atoms with E-state index < -0.39 is 16.0 Å². The van der Waals surface area contributed by atoms with Crippen LogP contribution in [0.3, 0.4) is 0 Å². The highest BCUT2D eigenvalue weighted by molar-refractivity contribution is 9.10. The topological polar surface area (TPSA) is 63.7 Å². The predicted octanol–water partition coefficient (Wildman–Crippen LogP) is 4.48. The van der Waals surface area contributed by atoms with E-state index in [2.05, 4.69) is 15.9 Å². The van der Waals surface area contributed by atoms with Gasteiger partial charge in [0.2, 0.25) is 10.0 Å². The van der Waals surface area contributed by atoms with Gasteiger partial charge in [0.1, 0.15) is 5.75 Å². The van der Waals surface area contributed by atoms with Crippen LogP contribution in [-0.4, -0.2) is 31.8 Å². The lowest BCUT2D eigenvalue weighted by molar-refractivity contribution is 0.0734. The summed E-state index contributed by atoms with van der Waals surface area (Å²) in [5.74, 6) is -0.109. The van der Waals surface area contributed by atoms with Crippen molar-refractivity contribution < 1.29 is 17.9 Å². The maximum Gasteiger partial charge on any atom is 0.343 e. The first-order valence-electron chi connectivity index (χ1n) is 8.46. The average Bonchev–Trinajstić information content (AvgIpc) is 2.63. The van der Waals surface area contributed by atoms with Crippen LogP contribution in [0.5, 0.6) is 5.75 Å².